The molecule has 18 heavy (non-hydrogen) atoms. The smallest absolute Gasteiger partial charge is 0.0618 e. The first-order valence-electron chi connectivity index (χ1n) is 6.81. The van der Waals surface area contributed by atoms with E-state index in [9.17, 15) is 0 Å². The van der Waals surface area contributed by atoms with Crippen molar-refractivity contribution in [2.75, 3.05) is 18.1 Å². The molecule has 2 rings (SSSR count). The number of nitrogens with zero attached hydrogens (tertiary/aromatic N) is 1. The summed E-state index contributed by atoms with van der Waals surface area (Å²) in [5.74, 6) is 0. The van der Waals surface area contributed by atoms with E-state index in [0.717, 1.165) is 12.1 Å². The number of aryl methyl sites for hydroxylation is 1. The van der Waals surface area contributed by atoms with E-state index in [1.165, 1.54) is 29.7 Å². The molecule has 0 spiro atoms. The molecule has 0 aromatic heterocycles. The van der Waals surface area contributed by atoms with Crippen LogP contribution in [0.1, 0.15) is 38.3 Å². The first-order valence-corrected chi connectivity index (χ1v) is 6.81. The van der Waals surface area contributed by atoms with Gasteiger partial charge in [0.15, 0.2) is 0 Å². The highest BCUT2D eigenvalue weighted by Crippen LogP contribution is 2.31. The van der Waals surface area contributed by atoms with Crippen LogP contribution in [0.25, 0.3) is 5.57 Å². The maximum atomic E-state index is 8.97. The Morgan fingerprint density at radius 1 is 1.44 bits per heavy atom. The van der Waals surface area contributed by atoms with Gasteiger partial charge in [-0.15, -0.1) is 0 Å². The molecule has 1 N–H and O–H groups in total. The molecular formula is C16H23NO. The number of rotatable bonds is 3. The number of aliphatic hydroxyl groups excluding tert-OH is 1. The van der Waals surface area contributed by atoms with Crippen molar-refractivity contribution < 1.29 is 5.11 Å². The molecular weight excluding hydrogens is 222 g/mol. The van der Waals surface area contributed by atoms with Gasteiger partial charge in [0.2, 0.25) is 0 Å². The van der Waals surface area contributed by atoms with Crippen LogP contribution in [0.4, 0.5) is 5.69 Å². The van der Waals surface area contributed by atoms with Gasteiger partial charge >= 0.3 is 0 Å². The average molecular weight is 245 g/mol. The highest BCUT2D eigenvalue weighted by atomic mass is 16.2. The number of anilines is 1. The van der Waals surface area contributed by atoms with E-state index in [2.05, 4.69) is 43.9 Å². The van der Waals surface area contributed by atoms with Crippen LogP contribution in [0.15, 0.2) is 24.3 Å². The summed E-state index contributed by atoms with van der Waals surface area (Å²) in [7, 11) is 0. The lowest BCUT2D eigenvalue weighted by Gasteiger charge is -2.35. The highest BCUT2D eigenvalue weighted by molar-refractivity contribution is 5.69. The van der Waals surface area contributed by atoms with Crippen LogP contribution in [0.3, 0.4) is 0 Å². The Morgan fingerprint density at radius 3 is 2.89 bits per heavy atom. The van der Waals surface area contributed by atoms with Crippen LogP contribution in [0.2, 0.25) is 0 Å². The van der Waals surface area contributed by atoms with Gasteiger partial charge in [-0.3, -0.25) is 0 Å². The van der Waals surface area contributed by atoms with Gasteiger partial charge in [0, 0.05) is 18.3 Å². The van der Waals surface area contributed by atoms with Crippen molar-refractivity contribution in [2.45, 2.75) is 39.7 Å². The summed E-state index contributed by atoms with van der Waals surface area (Å²) in [5.41, 5.74) is 5.21. The molecule has 0 aliphatic carbocycles. The van der Waals surface area contributed by atoms with Gasteiger partial charge in [0.25, 0.3) is 0 Å². The van der Waals surface area contributed by atoms with E-state index in [1.54, 1.807) is 0 Å². The monoisotopic (exact) mass is 245 g/mol. The average Bonchev–Trinajstić information content (AvgIpc) is 2.37. The Kier molecular flexibility index (Phi) is 4.07. The molecule has 0 atom stereocenters. The van der Waals surface area contributed by atoms with Crippen LogP contribution >= 0.6 is 0 Å². The fraction of sp³-hybridized carbons (Fsp3) is 0.500. The van der Waals surface area contributed by atoms with Gasteiger partial charge in [0.05, 0.1) is 6.61 Å². The summed E-state index contributed by atoms with van der Waals surface area (Å²) in [6, 6.07) is 7.24. The summed E-state index contributed by atoms with van der Waals surface area (Å²) in [6.07, 6.45) is 4.26. The van der Waals surface area contributed by atoms with Crippen molar-refractivity contribution in [3.8, 4) is 0 Å². The Morgan fingerprint density at radius 2 is 2.22 bits per heavy atom. The highest BCUT2D eigenvalue weighted by Gasteiger charge is 2.19. The van der Waals surface area contributed by atoms with E-state index in [-0.39, 0.29) is 6.61 Å². The fourth-order valence-corrected chi connectivity index (χ4v) is 2.66. The molecule has 98 valence electrons. The lowest BCUT2D eigenvalue weighted by Crippen LogP contribution is -2.35. The molecule has 1 aliphatic heterocycles. The van der Waals surface area contributed by atoms with Crippen molar-refractivity contribution >= 4 is 11.3 Å². The second kappa shape index (κ2) is 5.57. The largest absolute Gasteiger partial charge is 0.392 e. The Hall–Kier alpha value is -1.28. The maximum Gasteiger partial charge on any atom is 0.0618 e. The number of benzene rings is 1. The standard InChI is InChI=1S/C16H23NO/c1-12(2)17-9-4-5-15-11-14(6-7-16(15)17)13(3)8-10-18/h6-8,11-12,18H,4-5,9-10H2,1-3H3/b13-8+. The third-order valence-electron chi connectivity index (χ3n) is 3.71. The van der Waals surface area contributed by atoms with Crippen molar-refractivity contribution in [2.24, 2.45) is 0 Å². The first-order chi connectivity index (χ1) is 8.63. The minimum Gasteiger partial charge on any atom is -0.392 e. The lowest BCUT2D eigenvalue weighted by molar-refractivity contribution is 0.343. The molecule has 1 aromatic rings. The van der Waals surface area contributed by atoms with Crippen LogP contribution in [0, 0.1) is 0 Å². The molecule has 1 aromatic carbocycles. The van der Waals surface area contributed by atoms with Crippen LogP contribution < -0.4 is 4.90 Å². The zero-order chi connectivity index (χ0) is 13.1. The number of hydrogen-bond donors (Lipinski definition) is 1. The van der Waals surface area contributed by atoms with Crippen LogP contribution in [-0.2, 0) is 6.42 Å². The summed E-state index contributed by atoms with van der Waals surface area (Å²) >= 11 is 0. The summed E-state index contributed by atoms with van der Waals surface area (Å²) in [4.78, 5) is 2.48. The van der Waals surface area contributed by atoms with E-state index in [0.29, 0.717) is 6.04 Å². The first kappa shape index (κ1) is 13.2. The quantitative estimate of drug-likeness (QED) is 0.883. The second-order valence-electron chi connectivity index (χ2n) is 5.30. The number of aliphatic hydroxyl groups is 1. The summed E-state index contributed by atoms with van der Waals surface area (Å²) < 4.78 is 0. The van der Waals surface area contributed by atoms with E-state index in [4.69, 9.17) is 5.11 Å². The van der Waals surface area contributed by atoms with Gasteiger partial charge in [-0.05, 0) is 62.4 Å². The molecule has 0 saturated carbocycles. The van der Waals surface area contributed by atoms with Gasteiger partial charge in [-0.25, -0.2) is 0 Å². The molecule has 0 radical (unpaired) electrons. The van der Waals surface area contributed by atoms with Crippen LogP contribution in [-0.4, -0.2) is 24.3 Å². The van der Waals surface area contributed by atoms with Crippen molar-refractivity contribution in [3.63, 3.8) is 0 Å². The van der Waals surface area contributed by atoms with Crippen molar-refractivity contribution in [1.29, 1.82) is 0 Å². The van der Waals surface area contributed by atoms with Crippen molar-refractivity contribution in [1.82, 2.24) is 0 Å². The number of hydrogen-bond acceptors (Lipinski definition) is 2. The van der Waals surface area contributed by atoms with E-state index in [1.807, 2.05) is 6.08 Å². The van der Waals surface area contributed by atoms with Crippen molar-refractivity contribution in [3.05, 3.63) is 35.4 Å². The molecule has 2 nitrogen and oxygen atoms in total. The normalized spacial score (nSPS) is 16.1. The Bertz CT molecular complexity index is 448. The zero-order valence-corrected chi connectivity index (χ0v) is 11.6. The molecule has 2 heteroatoms. The molecule has 0 saturated heterocycles. The third-order valence-corrected chi connectivity index (χ3v) is 3.71. The Balaban J connectivity index is 2.35. The lowest BCUT2D eigenvalue weighted by atomic mass is 9.96. The second-order valence-corrected chi connectivity index (χ2v) is 5.30. The fourth-order valence-electron chi connectivity index (χ4n) is 2.66. The predicted molar refractivity (Wildman–Crippen MR) is 78.0 cm³/mol. The maximum absolute atomic E-state index is 8.97. The van der Waals surface area contributed by atoms with Gasteiger partial charge < -0.3 is 10.0 Å². The summed E-state index contributed by atoms with van der Waals surface area (Å²) in [6.45, 7) is 7.83. The van der Waals surface area contributed by atoms with Crippen LogP contribution in [0.5, 0.6) is 0 Å². The summed E-state index contributed by atoms with van der Waals surface area (Å²) in [5, 5.41) is 8.97. The minimum atomic E-state index is 0.112. The zero-order valence-electron chi connectivity index (χ0n) is 11.6. The number of allylic oxidation sites excluding steroid dienone is 1. The minimum absolute atomic E-state index is 0.112. The Labute approximate surface area is 110 Å². The van der Waals surface area contributed by atoms with Gasteiger partial charge in [0.1, 0.15) is 0 Å². The number of fused-ring (bicyclic) bond motifs is 1. The third kappa shape index (κ3) is 2.59. The molecule has 0 fully saturated rings. The van der Waals surface area contributed by atoms with E-state index >= 15 is 0 Å². The van der Waals surface area contributed by atoms with Gasteiger partial charge in [-0.2, -0.15) is 0 Å². The topological polar surface area (TPSA) is 23.5 Å². The predicted octanol–water partition coefficient (Wildman–Crippen LogP) is 3.24. The van der Waals surface area contributed by atoms with E-state index < -0.39 is 0 Å². The molecule has 1 aliphatic rings. The molecule has 0 amide bonds. The molecule has 1 heterocycles. The van der Waals surface area contributed by atoms with Gasteiger partial charge in [-0.1, -0.05) is 12.1 Å². The molecule has 0 bridgehead atoms. The molecule has 0 unspecified atom stereocenters. The SMILES string of the molecule is C/C(=C\CO)c1ccc2c(c1)CCCN2C(C)C.